The zero-order valence-corrected chi connectivity index (χ0v) is 9.83. The highest BCUT2D eigenvalue weighted by atomic mass is 127. The number of nitrogens with two attached hydrogens (primary N) is 1. The summed E-state index contributed by atoms with van der Waals surface area (Å²) in [7, 11) is 0. The molecule has 0 saturated carbocycles. The Hall–Kier alpha value is -0.810. The van der Waals surface area contributed by atoms with Crippen molar-refractivity contribution < 1.29 is 8.78 Å². The fourth-order valence-corrected chi connectivity index (χ4v) is 1.89. The molecule has 0 aliphatic rings. The van der Waals surface area contributed by atoms with Gasteiger partial charge in [0.05, 0.1) is 12.5 Å². The van der Waals surface area contributed by atoms with E-state index in [2.05, 4.69) is 4.98 Å². The van der Waals surface area contributed by atoms with Gasteiger partial charge in [0, 0.05) is 23.9 Å². The van der Waals surface area contributed by atoms with Gasteiger partial charge in [-0.2, -0.15) is 5.26 Å². The molecule has 0 unspecified atom stereocenters. The number of halogens is 3. The molecule has 0 amide bonds. The van der Waals surface area contributed by atoms with Crippen LogP contribution in [0.4, 0.5) is 8.78 Å². The van der Waals surface area contributed by atoms with Crippen molar-refractivity contribution in [2.45, 2.75) is 19.4 Å². The highest BCUT2D eigenvalue weighted by Gasteiger charge is 2.20. The van der Waals surface area contributed by atoms with E-state index in [1.807, 2.05) is 28.7 Å². The Morgan fingerprint density at radius 1 is 1.60 bits per heavy atom. The minimum atomic E-state index is -2.62. The van der Waals surface area contributed by atoms with Gasteiger partial charge in [-0.1, -0.05) is 0 Å². The summed E-state index contributed by atoms with van der Waals surface area (Å²) in [6, 6.07) is 1.85. The Kier molecular flexibility index (Phi) is 4.35. The Bertz CT molecular complexity index is 401. The van der Waals surface area contributed by atoms with Gasteiger partial charge in [0.25, 0.3) is 6.43 Å². The molecule has 0 fully saturated rings. The summed E-state index contributed by atoms with van der Waals surface area (Å²) >= 11 is 1.84. The van der Waals surface area contributed by atoms with Crippen LogP contribution in [0.3, 0.4) is 0 Å². The SMILES string of the molecule is N#CCc1c(I)ncc(CN)c1C(F)F. The van der Waals surface area contributed by atoms with Crippen molar-refractivity contribution in [1.29, 1.82) is 5.26 Å². The van der Waals surface area contributed by atoms with Crippen molar-refractivity contribution in [3.8, 4) is 6.07 Å². The summed E-state index contributed by atoms with van der Waals surface area (Å²) < 4.78 is 26.0. The predicted octanol–water partition coefficient (Wildman–Crippen LogP) is 2.15. The number of nitrogens with zero attached hydrogens (tertiary/aromatic N) is 2. The standard InChI is InChI=1S/C9H8F2IN3/c10-8(11)7-5(3-14)4-15-9(12)6(7)1-2-13/h4,8H,1,3,14H2. The Morgan fingerprint density at radius 2 is 2.27 bits per heavy atom. The van der Waals surface area contributed by atoms with Crippen LogP contribution in [-0.2, 0) is 13.0 Å². The molecule has 0 bridgehead atoms. The van der Waals surface area contributed by atoms with E-state index in [1.54, 1.807) is 0 Å². The predicted molar refractivity (Wildman–Crippen MR) is 59.1 cm³/mol. The largest absolute Gasteiger partial charge is 0.326 e. The molecule has 15 heavy (non-hydrogen) atoms. The summed E-state index contributed by atoms with van der Waals surface area (Å²) in [6.07, 6.45) is -1.36. The molecule has 1 heterocycles. The van der Waals surface area contributed by atoms with Crippen LogP contribution in [-0.4, -0.2) is 4.98 Å². The van der Waals surface area contributed by atoms with Crippen LogP contribution in [0.1, 0.15) is 23.1 Å². The van der Waals surface area contributed by atoms with Crippen LogP contribution >= 0.6 is 22.6 Å². The third-order valence-electron chi connectivity index (χ3n) is 1.95. The lowest BCUT2D eigenvalue weighted by atomic mass is 10.0. The number of hydrogen-bond donors (Lipinski definition) is 1. The van der Waals surface area contributed by atoms with Crippen molar-refractivity contribution >= 4 is 22.6 Å². The van der Waals surface area contributed by atoms with Crippen molar-refractivity contribution in [2.24, 2.45) is 5.73 Å². The van der Waals surface area contributed by atoms with Gasteiger partial charge in [-0.3, -0.25) is 0 Å². The van der Waals surface area contributed by atoms with Gasteiger partial charge in [-0.25, -0.2) is 13.8 Å². The minimum Gasteiger partial charge on any atom is -0.326 e. The van der Waals surface area contributed by atoms with Gasteiger partial charge in [-0.05, 0) is 28.2 Å². The van der Waals surface area contributed by atoms with Crippen LogP contribution in [0, 0.1) is 15.0 Å². The van der Waals surface area contributed by atoms with Gasteiger partial charge in [0.1, 0.15) is 3.70 Å². The molecule has 1 rings (SSSR count). The van der Waals surface area contributed by atoms with E-state index in [4.69, 9.17) is 11.0 Å². The second-order valence-electron chi connectivity index (χ2n) is 2.81. The van der Waals surface area contributed by atoms with Crippen molar-refractivity contribution in [1.82, 2.24) is 4.98 Å². The maximum Gasteiger partial charge on any atom is 0.264 e. The van der Waals surface area contributed by atoms with Crippen LogP contribution in [0.5, 0.6) is 0 Å². The van der Waals surface area contributed by atoms with Crippen LogP contribution in [0.15, 0.2) is 6.20 Å². The molecule has 0 aliphatic heterocycles. The molecule has 0 atom stereocenters. The molecule has 2 N–H and O–H groups in total. The van der Waals surface area contributed by atoms with Crippen molar-refractivity contribution in [3.63, 3.8) is 0 Å². The molecule has 3 nitrogen and oxygen atoms in total. The van der Waals surface area contributed by atoms with Gasteiger partial charge in [0.15, 0.2) is 0 Å². The number of hydrogen-bond acceptors (Lipinski definition) is 3. The van der Waals surface area contributed by atoms with E-state index < -0.39 is 6.43 Å². The number of alkyl halides is 2. The van der Waals surface area contributed by atoms with Crippen molar-refractivity contribution in [3.05, 3.63) is 26.6 Å². The summed E-state index contributed by atoms with van der Waals surface area (Å²) in [6.45, 7) is 0.00201. The molecule has 0 aromatic carbocycles. The number of nitriles is 1. The zero-order chi connectivity index (χ0) is 11.4. The second kappa shape index (κ2) is 5.32. The fraction of sp³-hybridized carbons (Fsp3) is 0.333. The molecule has 1 aromatic heterocycles. The molecule has 6 heteroatoms. The zero-order valence-electron chi connectivity index (χ0n) is 7.67. The number of pyridine rings is 1. The van der Waals surface area contributed by atoms with E-state index in [1.165, 1.54) is 6.20 Å². The molecule has 0 radical (unpaired) electrons. The first-order valence-corrected chi connectivity index (χ1v) is 5.21. The number of aromatic nitrogens is 1. The first kappa shape index (κ1) is 12.3. The average Bonchev–Trinajstić information content (AvgIpc) is 2.20. The van der Waals surface area contributed by atoms with E-state index in [0.29, 0.717) is 9.26 Å². The second-order valence-corrected chi connectivity index (χ2v) is 3.83. The quantitative estimate of drug-likeness (QED) is 0.685. The van der Waals surface area contributed by atoms with Crippen LogP contribution in [0.25, 0.3) is 0 Å². The van der Waals surface area contributed by atoms with E-state index in [9.17, 15) is 8.78 Å². The monoisotopic (exact) mass is 323 g/mol. The first-order chi connectivity index (χ1) is 7.11. The maximum atomic E-state index is 12.8. The maximum absolute atomic E-state index is 12.8. The molecular formula is C9H8F2IN3. The number of rotatable bonds is 3. The third-order valence-corrected chi connectivity index (χ3v) is 2.88. The van der Waals surface area contributed by atoms with Crippen LogP contribution < -0.4 is 5.73 Å². The molecule has 0 aliphatic carbocycles. The van der Waals surface area contributed by atoms with E-state index in [0.717, 1.165) is 0 Å². The fourth-order valence-electron chi connectivity index (χ4n) is 1.27. The highest BCUT2D eigenvalue weighted by molar-refractivity contribution is 14.1. The topological polar surface area (TPSA) is 62.7 Å². The molecule has 1 aromatic rings. The van der Waals surface area contributed by atoms with Crippen LogP contribution in [0.2, 0.25) is 0 Å². The lowest BCUT2D eigenvalue weighted by Crippen LogP contribution is -2.08. The van der Waals surface area contributed by atoms with Crippen molar-refractivity contribution in [2.75, 3.05) is 0 Å². The van der Waals surface area contributed by atoms with Gasteiger partial charge in [-0.15, -0.1) is 0 Å². The molecular weight excluding hydrogens is 315 g/mol. The normalized spacial score (nSPS) is 10.4. The molecule has 0 spiro atoms. The summed E-state index contributed by atoms with van der Waals surface area (Å²) in [5.74, 6) is 0. The summed E-state index contributed by atoms with van der Waals surface area (Å²) in [4.78, 5) is 3.93. The first-order valence-electron chi connectivity index (χ1n) is 4.13. The lowest BCUT2D eigenvalue weighted by molar-refractivity contribution is 0.149. The summed E-state index contributed by atoms with van der Waals surface area (Å²) in [5.41, 5.74) is 5.79. The van der Waals surface area contributed by atoms with Gasteiger partial charge < -0.3 is 5.73 Å². The lowest BCUT2D eigenvalue weighted by Gasteiger charge is -2.12. The van der Waals surface area contributed by atoms with E-state index >= 15 is 0 Å². The molecule has 0 saturated heterocycles. The Morgan fingerprint density at radius 3 is 2.73 bits per heavy atom. The minimum absolute atomic E-state index is 0.00201. The smallest absolute Gasteiger partial charge is 0.264 e. The highest BCUT2D eigenvalue weighted by Crippen LogP contribution is 2.28. The van der Waals surface area contributed by atoms with Gasteiger partial charge in [0.2, 0.25) is 0 Å². The summed E-state index contributed by atoms with van der Waals surface area (Å²) in [5, 5.41) is 8.56. The Labute approximate surface area is 99.4 Å². The average molecular weight is 323 g/mol. The van der Waals surface area contributed by atoms with Gasteiger partial charge >= 0.3 is 0 Å². The Balaban J connectivity index is 3.38. The molecule has 80 valence electrons. The third kappa shape index (κ3) is 2.60. The van der Waals surface area contributed by atoms with E-state index in [-0.39, 0.29) is 24.1 Å².